The maximum atomic E-state index is 11.7. The van der Waals surface area contributed by atoms with Crippen molar-refractivity contribution in [3.63, 3.8) is 0 Å². The number of carbonyl (C=O) groups is 1. The summed E-state index contributed by atoms with van der Waals surface area (Å²) in [5.41, 5.74) is 0.594. The van der Waals surface area contributed by atoms with E-state index in [9.17, 15) is 13.2 Å². The average Bonchev–Trinajstić information content (AvgIpc) is 2.36. The number of hydrogen-bond donors (Lipinski definition) is 0. The molecule has 0 heterocycles. The summed E-state index contributed by atoms with van der Waals surface area (Å²) in [5, 5.41) is 0. The number of carbonyl (C=O) groups excluding carboxylic acids is 1. The fourth-order valence-electron chi connectivity index (χ4n) is 1.50. The van der Waals surface area contributed by atoms with Crippen molar-refractivity contribution >= 4 is 16.1 Å². The highest BCUT2D eigenvalue weighted by Gasteiger charge is 2.17. The number of rotatable bonds is 5. The molecule has 1 aromatic rings. The highest BCUT2D eigenvalue weighted by atomic mass is 32.2. The van der Waals surface area contributed by atoms with Crippen LogP contribution in [0.3, 0.4) is 0 Å². The average molecular weight is 256 g/mol. The van der Waals surface area contributed by atoms with E-state index in [1.54, 1.807) is 19.9 Å². The lowest BCUT2D eigenvalue weighted by Crippen LogP contribution is -2.06. The van der Waals surface area contributed by atoms with Gasteiger partial charge in [0.2, 0.25) is 0 Å². The summed E-state index contributed by atoms with van der Waals surface area (Å²) in [4.78, 5) is 11.0. The zero-order valence-electron chi connectivity index (χ0n) is 10.1. The second kappa shape index (κ2) is 5.31. The van der Waals surface area contributed by atoms with Gasteiger partial charge < -0.3 is 9.53 Å². The SMILES string of the molecule is CCS(=O)(=O)c1ccc(OC)c(C(C)C=O)c1. The van der Waals surface area contributed by atoms with Crippen molar-refractivity contribution in [3.8, 4) is 5.75 Å². The summed E-state index contributed by atoms with van der Waals surface area (Å²) in [6.07, 6.45) is 0.764. The molecule has 0 aromatic heterocycles. The molecular formula is C12H16O4S. The van der Waals surface area contributed by atoms with E-state index in [2.05, 4.69) is 0 Å². The Labute approximate surface area is 102 Å². The van der Waals surface area contributed by atoms with Gasteiger partial charge >= 0.3 is 0 Å². The highest BCUT2D eigenvalue weighted by molar-refractivity contribution is 7.91. The van der Waals surface area contributed by atoms with Crippen molar-refractivity contribution in [2.45, 2.75) is 24.7 Å². The quantitative estimate of drug-likeness (QED) is 0.754. The molecule has 0 aliphatic rings. The van der Waals surface area contributed by atoms with Crippen molar-refractivity contribution < 1.29 is 17.9 Å². The first-order chi connectivity index (χ1) is 7.96. The van der Waals surface area contributed by atoms with Crippen LogP contribution in [0.5, 0.6) is 5.75 Å². The molecule has 0 saturated carbocycles. The minimum absolute atomic E-state index is 0.0360. The largest absolute Gasteiger partial charge is 0.496 e. The molecule has 17 heavy (non-hydrogen) atoms. The Hall–Kier alpha value is -1.36. The molecule has 1 aromatic carbocycles. The Bertz CT molecular complexity index is 505. The normalized spacial score (nSPS) is 13.1. The van der Waals surface area contributed by atoms with E-state index < -0.39 is 15.8 Å². The van der Waals surface area contributed by atoms with E-state index in [4.69, 9.17) is 4.74 Å². The smallest absolute Gasteiger partial charge is 0.178 e. The number of aldehydes is 1. The Morgan fingerprint density at radius 2 is 2.06 bits per heavy atom. The van der Waals surface area contributed by atoms with Crippen molar-refractivity contribution in [3.05, 3.63) is 23.8 Å². The first-order valence-corrected chi connectivity index (χ1v) is 6.97. The lowest BCUT2D eigenvalue weighted by Gasteiger charge is -2.12. The van der Waals surface area contributed by atoms with Crippen molar-refractivity contribution in [2.24, 2.45) is 0 Å². The molecule has 0 saturated heterocycles. The van der Waals surface area contributed by atoms with Crippen molar-refractivity contribution in [2.75, 3.05) is 12.9 Å². The standard InChI is InChI=1S/C12H16O4S/c1-4-17(14,15)10-5-6-12(16-3)11(7-10)9(2)8-13/h5-9H,4H2,1-3H3. The molecule has 1 rings (SSSR count). The van der Waals surface area contributed by atoms with Crippen LogP contribution in [-0.2, 0) is 14.6 Å². The minimum Gasteiger partial charge on any atom is -0.496 e. The van der Waals surface area contributed by atoms with Gasteiger partial charge in [0.25, 0.3) is 0 Å². The number of methoxy groups -OCH3 is 1. The molecule has 0 aliphatic carbocycles. The first kappa shape index (κ1) is 13.7. The van der Waals surface area contributed by atoms with Crippen LogP contribution in [-0.4, -0.2) is 27.6 Å². The van der Waals surface area contributed by atoms with Crippen LogP contribution in [0.25, 0.3) is 0 Å². The van der Waals surface area contributed by atoms with Crippen molar-refractivity contribution in [1.29, 1.82) is 0 Å². The lowest BCUT2D eigenvalue weighted by atomic mass is 10.0. The summed E-state index contributed by atoms with van der Waals surface area (Å²) < 4.78 is 28.6. The number of hydrogen-bond acceptors (Lipinski definition) is 4. The molecule has 0 aliphatic heterocycles. The molecule has 1 unspecified atom stereocenters. The molecule has 0 fully saturated rings. The molecule has 1 atom stereocenters. The third-order valence-corrected chi connectivity index (χ3v) is 4.37. The maximum Gasteiger partial charge on any atom is 0.178 e. The second-order valence-corrected chi connectivity index (χ2v) is 6.01. The maximum absolute atomic E-state index is 11.7. The fourth-order valence-corrected chi connectivity index (χ4v) is 2.42. The van der Waals surface area contributed by atoms with Crippen LogP contribution in [0.15, 0.2) is 23.1 Å². The summed E-state index contributed by atoms with van der Waals surface area (Å²) >= 11 is 0. The highest BCUT2D eigenvalue weighted by Crippen LogP contribution is 2.28. The van der Waals surface area contributed by atoms with E-state index in [1.165, 1.54) is 19.2 Å². The lowest BCUT2D eigenvalue weighted by molar-refractivity contribution is -0.108. The van der Waals surface area contributed by atoms with Gasteiger partial charge in [0.15, 0.2) is 9.84 Å². The third-order valence-electron chi connectivity index (χ3n) is 2.64. The number of benzene rings is 1. The number of sulfone groups is 1. The van der Waals surface area contributed by atoms with Crippen LogP contribution in [0.4, 0.5) is 0 Å². The molecular weight excluding hydrogens is 240 g/mol. The number of ether oxygens (including phenoxy) is 1. The predicted octanol–water partition coefficient (Wildman–Crippen LogP) is 1.79. The molecule has 94 valence electrons. The summed E-state index contributed by atoms with van der Waals surface area (Å²) in [6.45, 7) is 3.29. The zero-order valence-corrected chi connectivity index (χ0v) is 11.0. The Kier molecular flexibility index (Phi) is 4.28. The van der Waals surface area contributed by atoms with Gasteiger partial charge in [-0.25, -0.2) is 8.42 Å². The van der Waals surface area contributed by atoms with Gasteiger partial charge in [-0.2, -0.15) is 0 Å². The monoisotopic (exact) mass is 256 g/mol. The Balaban J connectivity index is 3.37. The van der Waals surface area contributed by atoms with Crippen molar-refractivity contribution in [1.82, 2.24) is 0 Å². The molecule has 4 nitrogen and oxygen atoms in total. The van der Waals surface area contributed by atoms with Gasteiger partial charge in [-0.15, -0.1) is 0 Å². The van der Waals surface area contributed by atoms with Gasteiger partial charge in [0.05, 0.1) is 17.8 Å². The molecule has 0 N–H and O–H groups in total. The minimum atomic E-state index is -3.26. The van der Waals surface area contributed by atoms with Gasteiger partial charge in [-0.1, -0.05) is 13.8 Å². The van der Waals surface area contributed by atoms with E-state index in [0.29, 0.717) is 11.3 Å². The third kappa shape index (κ3) is 2.85. The molecule has 0 amide bonds. The second-order valence-electron chi connectivity index (χ2n) is 3.73. The Morgan fingerprint density at radius 3 is 2.53 bits per heavy atom. The summed E-state index contributed by atoms with van der Waals surface area (Å²) in [6, 6.07) is 4.59. The molecule has 0 spiro atoms. The van der Waals surface area contributed by atoms with E-state index in [1.807, 2.05) is 0 Å². The van der Waals surface area contributed by atoms with Gasteiger partial charge in [0.1, 0.15) is 12.0 Å². The van der Waals surface area contributed by atoms with Gasteiger partial charge in [-0.05, 0) is 18.2 Å². The molecule has 0 radical (unpaired) electrons. The van der Waals surface area contributed by atoms with Gasteiger partial charge in [-0.3, -0.25) is 0 Å². The van der Waals surface area contributed by atoms with Crippen LogP contribution >= 0.6 is 0 Å². The van der Waals surface area contributed by atoms with E-state index >= 15 is 0 Å². The van der Waals surface area contributed by atoms with E-state index in [0.717, 1.165) is 6.29 Å². The van der Waals surface area contributed by atoms with Gasteiger partial charge in [0, 0.05) is 11.5 Å². The summed E-state index contributed by atoms with van der Waals surface area (Å²) in [7, 11) is -1.77. The van der Waals surface area contributed by atoms with E-state index in [-0.39, 0.29) is 10.6 Å². The Morgan fingerprint density at radius 1 is 1.41 bits per heavy atom. The first-order valence-electron chi connectivity index (χ1n) is 5.32. The topological polar surface area (TPSA) is 60.4 Å². The van der Waals surface area contributed by atoms with Crippen LogP contribution in [0.1, 0.15) is 25.3 Å². The summed E-state index contributed by atoms with van der Waals surface area (Å²) in [5.74, 6) is 0.172. The molecule has 5 heteroatoms. The van der Waals surface area contributed by atoms with Crippen LogP contribution in [0.2, 0.25) is 0 Å². The zero-order chi connectivity index (χ0) is 13.1. The molecule has 0 bridgehead atoms. The van der Waals surface area contributed by atoms with Crippen LogP contribution < -0.4 is 4.74 Å². The van der Waals surface area contributed by atoms with Crippen LogP contribution in [0, 0.1) is 0 Å². The predicted molar refractivity (Wildman–Crippen MR) is 65.2 cm³/mol. The fraction of sp³-hybridized carbons (Fsp3) is 0.417.